The predicted molar refractivity (Wildman–Crippen MR) is 81.0 cm³/mol. The van der Waals surface area contributed by atoms with Crippen LogP contribution in [0.15, 0.2) is 53.0 Å². The van der Waals surface area contributed by atoms with Crippen molar-refractivity contribution < 1.29 is 0 Å². The maximum atomic E-state index is 6.48. The Morgan fingerprint density at radius 1 is 1.06 bits per heavy atom. The second-order valence-electron chi connectivity index (χ2n) is 3.44. The van der Waals surface area contributed by atoms with Gasteiger partial charge in [0.25, 0.3) is 0 Å². The molecule has 0 nitrogen and oxygen atoms in total. The fourth-order valence-corrected chi connectivity index (χ4v) is 3.05. The van der Waals surface area contributed by atoms with Gasteiger partial charge in [-0.25, -0.2) is 0 Å². The Labute approximate surface area is 122 Å². The summed E-state index contributed by atoms with van der Waals surface area (Å²) >= 11 is 12.3. The molecule has 0 saturated carbocycles. The van der Waals surface area contributed by atoms with E-state index in [2.05, 4.69) is 62.8 Å². The van der Waals surface area contributed by atoms with E-state index in [1.165, 1.54) is 3.57 Å². The molecular formula is C13H9BrClI. The van der Waals surface area contributed by atoms with Crippen LogP contribution in [-0.2, 0) is 0 Å². The van der Waals surface area contributed by atoms with E-state index >= 15 is 0 Å². The molecule has 0 aromatic heterocycles. The first-order valence-corrected chi connectivity index (χ1v) is 7.13. The Morgan fingerprint density at radius 3 is 2.44 bits per heavy atom. The lowest BCUT2D eigenvalue weighted by molar-refractivity contribution is 1.12. The van der Waals surface area contributed by atoms with E-state index in [4.69, 9.17) is 11.6 Å². The lowest BCUT2D eigenvalue weighted by Crippen LogP contribution is -1.95. The van der Waals surface area contributed by atoms with E-state index in [0.29, 0.717) is 0 Å². The van der Waals surface area contributed by atoms with Crippen molar-refractivity contribution in [2.45, 2.75) is 5.38 Å². The molecule has 1 atom stereocenters. The first-order chi connectivity index (χ1) is 7.68. The molecule has 0 N–H and O–H groups in total. The molecule has 0 fully saturated rings. The van der Waals surface area contributed by atoms with Gasteiger partial charge in [0.15, 0.2) is 0 Å². The summed E-state index contributed by atoms with van der Waals surface area (Å²) in [5, 5.41) is -0.0920. The van der Waals surface area contributed by atoms with Gasteiger partial charge in [-0.3, -0.25) is 0 Å². The molecule has 0 aliphatic heterocycles. The van der Waals surface area contributed by atoms with Crippen molar-refractivity contribution in [3.63, 3.8) is 0 Å². The van der Waals surface area contributed by atoms with Gasteiger partial charge >= 0.3 is 0 Å². The summed E-state index contributed by atoms with van der Waals surface area (Å²) in [6.45, 7) is 0. The Morgan fingerprint density at radius 2 is 1.75 bits per heavy atom. The van der Waals surface area contributed by atoms with Crippen molar-refractivity contribution in [2.75, 3.05) is 0 Å². The van der Waals surface area contributed by atoms with E-state index in [-0.39, 0.29) is 5.38 Å². The van der Waals surface area contributed by atoms with Crippen LogP contribution >= 0.6 is 50.1 Å². The summed E-state index contributed by atoms with van der Waals surface area (Å²) in [4.78, 5) is 0. The number of rotatable bonds is 2. The molecule has 0 amide bonds. The minimum Gasteiger partial charge on any atom is -0.113 e. The molecule has 82 valence electrons. The van der Waals surface area contributed by atoms with Crippen LogP contribution in [-0.4, -0.2) is 0 Å². The van der Waals surface area contributed by atoms with Crippen molar-refractivity contribution >= 4 is 50.1 Å². The minimum absolute atomic E-state index is 0.0920. The molecule has 0 saturated heterocycles. The molecule has 0 spiro atoms. The van der Waals surface area contributed by atoms with E-state index < -0.39 is 0 Å². The molecule has 2 rings (SSSR count). The van der Waals surface area contributed by atoms with Gasteiger partial charge in [-0.15, -0.1) is 11.6 Å². The highest BCUT2D eigenvalue weighted by molar-refractivity contribution is 14.1. The van der Waals surface area contributed by atoms with Crippen LogP contribution < -0.4 is 0 Å². The zero-order chi connectivity index (χ0) is 11.5. The highest BCUT2D eigenvalue weighted by Gasteiger charge is 2.13. The van der Waals surface area contributed by atoms with Crippen LogP contribution in [0, 0.1) is 3.57 Å². The van der Waals surface area contributed by atoms with Gasteiger partial charge in [0.05, 0.1) is 5.38 Å². The van der Waals surface area contributed by atoms with Crippen LogP contribution in [0.5, 0.6) is 0 Å². The van der Waals surface area contributed by atoms with Crippen LogP contribution in [0.25, 0.3) is 0 Å². The lowest BCUT2D eigenvalue weighted by atomic mass is 10.0. The average molecular weight is 407 g/mol. The molecule has 3 heteroatoms. The van der Waals surface area contributed by atoms with E-state index in [1.807, 2.05) is 24.3 Å². The topological polar surface area (TPSA) is 0 Å². The fourth-order valence-electron chi connectivity index (χ4n) is 1.51. The van der Waals surface area contributed by atoms with Crippen molar-refractivity contribution in [2.24, 2.45) is 0 Å². The standard InChI is InChI=1S/C13H9BrClI/c14-10-6-7-12(16)11(8-10)13(15)9-4-2-1-3-5-9/h1-8,13H. The third-order valence-corrected chi connectivity index (χ3v) is 4.29. The molecule has 16 heavy (non-hydrogen) atoms. The van der Waals surface area contributed by atoms with Crippen LogP contribution in [0.1, 0.15) is 16.5 Å². The Bertz CT molecular complexity index is 485. The Balaban J connectivity index is 2.41. The zero-order valence-electron chi connectivity index (χ0n) is 8.33. The number of benzene rings is 2. The average Bonchev–Trinajstić information content (AvgIpc) is 2.32. The van der Waals surface area contributed by atoms with Crippen molar-refractivity contribution in [1.82, 2.24) is 0 Å². The van der Waals surface area contributed by atoms with E-state index in [1.54, 1.807) is 0 Å². The quantitative estimate of drug-likeness (QED) is 0.463. The number of hydrogen-bond acceptors (Lipinski definition) is 0. The first-order valence-electron chi connectivity index (χ1n) is 4.82. The van der Waals surface area contributed by atoms with Gasteiger partial charge in [-0.05, 0) is 51.9 Å². The molecule has 0 bridgehead atoms. The molecule has 0 heterocycles. The third kappa shape index (κ3) is 2.79. The maximum Gasteiger partial charge on any atom is 0.0846 e. The van der Waals surface area contributed by atoms with Crippen molar-refractivity contribution in [3.8, 4) is 0 Å². The molecule has 0 radical (unpaired) electrons. The molecule has 0 aliphatic carbocycles. The van der Waals surface area contributed by atoms with Crippen LogP contribution in [0.3, 0.4) is 0 Å². The van der Waals surface area contributed by atoms with E-state index in [9.17, 15) is 0 Å². The SMILES string of the molecule is ClC(c1ccccc1)c1cc(Br)ccc1I. The summed E-state index contributed by atoms with van der Waals surface area (Å²) in [5.74, 6) is 0. The smallest absolute Gasteiger partial charge is 0.0846 e. The maximum absolute atomic E-state index is 6.48. The fraction of sp³-hybridized carbons (Fsp3) is 0.0769. The van der Waals surface area contributed by atoms with Gasteiger partial charge < -0.3 is 0 Å². The highest BCUT2D eigenvalue weighted by Crippen LogP contribution is 2.33. The summed E-state index contributed by atoms with van der Waals surface area (Å²) in [6, 6.07) is 16.3. The van der Waals surface area contributed by atoms with Crippen LogP contribution in [0.4, 0.5) is 0 Å². The molecule has 2 aromatic carbocycles. The van der Waals surface area contributed by atoms with Gasteiger partial charge in [-0.1, -0.05) is 46.3 Å². The van der Waals surface area contributed by atoms with Crippen molar-refractivity contribution in [1.29, 1.82) is 0 Å². The summed E-state index contributed by atoms with van der Waals surface area (Å²) < 4.78 is 2.24. The molecular weight excluding hydrogens is 398 g/mol. The van der Waals surface area contributed by atoms with Gasteiger partial charge in [0, 0.05) is 8.04 Å². The van der Waals surface area contributed by atoms with E-state index in [0.717, 1.165) is 15.6 Å². The monoisotopic (exact) mass is 406 g/mol. The number of hydrogen-bond donors (Lipinski definition) is 0. The van der Waals surface area contributed by atoms with Gasteiger partial charge in [-0.2, -0.15) is 0 Å². The summed E-state index contributed by atoms with van der Waals surface area (Å²) in [6.07, 6.45) is 0. The predicted octanol–water partition coefficient (Wildman–Crippen LogP) is 5.38. The molecule has 1 unspecified atom stereocenters. The second kappa shape index (κ2) is 5.52. The minimum atomic E-state index is -0.0920. The third-order valence-electron chi connectivity index (χ3n) is 2.32. The summed E-state index contributed by atoms with van der Waals surface area (Å²) in [7, 11) is 0. The Kier molecular flexibility index (Phi) is 4.27. The van der Waals surface area contributed by atoms with Gasteiger partial charge in [0.1, 0.15) is 0 Å². The number of halogens is 3. The normalized spacial score (nSPS) is 12.4. The summed E-state index contributed by atoms with van der Waals surface area (Å²) in [5.41, 5.74) is 2.27. The second-order valence-corrected chi connectivity index (χ2v) is 5.95. The highest BCUT2D eigenvalue weighted by atomic mass is 127. The zero-order valence-corrected chi connectivity index (χ0v) is 12.8. The van der Waals surface area contributed by atoms with Crippen LogP contribution in [0.2, 0.25) is 0 Å². The van der Waals surface area contributed by atoms with Gasteiger partial charge in [0.2, 0.25) is 0 Å². The number of alkyl halides is 1. The molecule has 2 aromatic rings. The van der Waals surface area contributed by atoms with Crippen molar-refractivity contribution in [3.05, 3.63) is 67.7 Å². The first kappa shape index (κ1) is 12.4. The molecule has 0 aliphatic rings. The lowest BCUT2D eigenvalue weighted by Gasteiger charge is -2.12. The largest absolute Gasteiger partial charge is 0.113 e. The Hall–Kier alpha value is -0.0600.